The van der Waals surface area contributed by atoms with Gasteiger partial charge in [-0.15, -0.1) is 0 Å². The summed E-state index contributed by atoms with van der Waals surface area (Å²) in [6, 6.07) is 5.71. The Morgan fingerprint density at radius 2 is 2.32 bits per heavy atom. The number of ether oxygens (including phenoxy) is 1. The Balaban J connectivity index is 2.26. The molecule has 1 fully saturated rings. The fraction of sp³-hybridized carbons (Fsp3) is 0.533. The molecule has 2 rings (SSSR count). The van der Waals surface area contributed by atoms with Crippen molar-refractivity contribution < 1.29 is 9.53 Å². The molecule has 4 nitrogen and oxygen atoms in total. The summed E-state index contributed by atoms with van der Waals surface area (Å²) < 4.78 is 5.32. The molecule has 0 spiro atoms. The van der Waals surface area contributed by atoms with E-state index in [9.17, 15) is 4.79 Å². The fourth-order valence-electron chi connectivity index (χ4n) is 2.43. The highest BCUT2D eigenvalue weighted by molar-refractivity contribution is 6.02. The number of carbonyl (C=O) groups excluding carboxylic acids is 1. The number of Topliss-reactive ketones (excluding diaryl/α,β-unsaturated/α-hetero) is 1. The van der Waals surface area contributed by atoms with Gasteiger partial charge in [-0.1, -0.05) is 13.0 Å². The van der Waals surface area contributed by atoms with Gasteiger partial charge < -0.3 is 15.0 Å². The summed E-state index contributed by atoms with van der Waals surface area (Å²) in [5, 5.41) is 3.29. The first kappa shape index (κ1) is 14.0. The van der Waals surface area contributed by atoms with Crippen LogP contribution in [0.5, 0.6) is 5.75 Å². The first-order valence-corrected chi connectivity index (χ1v) is 6.78. The number of aryl methyl sites for hydroxylation is 1. The largest absolute Gasteiger partial charge is 0.496 e. The summed E-state index contributed by atoms with van der Waals surface area (Å²) in [5.41, 5.74) is 1.85. The predicted molar refractivity (Wildman–Crippen MR) is 76.0 cm³/mol. The number of benzene rings is 1. The van der Waals surface area contributed by atoms with E-state index in [0.29, 0.717) is 11.3 Å². The monoisotopic (exact) mass is 262 g/mol. The minimum Gasteiger partial charge on any atom is -0.496 e. The van der Waals surface area contributed by atoms with Crippen LogP contribution >= 0.6 is 0 Å². The molecule has 0 amide bonds. The van der Waals surface area contributed by atoms with Gasteiger partial charge in [-0.3, -0.25) is 4.79 Å². The summed E-state index contributed by atoms with van der Waals surface area (Å²) in [4.78, 5) is 14.8. The zero-order valence-electron chi connectivity index (χ0n) is 11.9. The van der Waals surface area contributed by atoms with Crippen molar-refractivity contribution in [2.24, 2.45) is 0 Å². The molecule has 1 atom stereocenters. The minimum atomic E-state index is -0.139. The van der Waals surface area contributed by atoms with Gasteiger partial charge in [0.15, 0.2) is 5.78 Å². The SMILES string of the molecule is CCc1ccc(OC)c(C(=O)C2CN(C)CCN2)c1. The Labute approximate surface area is 114 Å². The number of likely N-dealkylation sites (N-methyl/N-ethyl adjacent to an activating group) is 1. The predicted octanol–water partition coefficient (Wildman–Crippen LogP) is 1.34. The van der Waals surface area contributed by atoms with Crippen LogP contribution in [0.4, 0.5) is 0 Å². The van der Waals surface area contributed by atoms with E-state index in [1.807, 2.05) is 25.2 Å². The topological polar surface area (TPSA) is 41.6 Å². The molecule has 0 saturated carbocycles. The van der Waals surface area contributed by atoms with Gasteiger partial charge in [-0.25, -0.2) is 0 Å². The third-order valence-electron chi connectivity index (χ3n) is 3.63. The molecule has 1 unspecified atom stereocenters. The van der Waals surface area contributed by atoms with E-state index in [1.54, 1.807) is 7.11 Å². The molecule has 0 aromatic heterocycles. The average molecular weight is 262 g/mol. The molecule has 4 heteroatoms. The summed E-state index contributed by atoms with van der Waals surface area (Å²) in [6.45, 7) is 4.67. The highest BCUT2D eigenvalue weighted by Crippen LogP contribution is 2.22. The van der Waals surface area contributed by atoms with Crippen molar-refractivity contribution in [3.8, 4) is 5.75 Å². The molecular formula is C15H22N2O2. The molecule has 1 aliphatic heterocycles. The second kappa shape index (κ2) is 6.17. The Hall–Kier alpha value is -1.39. The van der Waals surface area contributed by atoms with Gasteiger partial charge in [-0.05, 0) is 31.2 Å². The smallest absolute Gasteiger partial charge is 0.184 e. The third kappa shape index (κ3) is 3.14. The number of methoxy groups -OCH3 is 1. The molecule has 104 valence electrons. The van der Waals surface area contributed by atoms with E-state index in [1.165, 1.54) is 0 Å². The maximum absolute atomic E-state index is 12.6. The van der Waals surface area contributed by atoms with E-state index >= 15 is 0 Å². The van der Waals surface area contributed by atoms with Gasteiger partial charge >= 0.3 is 0 Å². The number of ketones is 1. The van der Waals surface area contributed by atoms with Crippen molar-refractivity contribution in [1.29, 1.82) is 0 Å². The highest BCUT2D eigenvalue weighted by atomic mass is 16.5. The van der Waals surface area contributed by atoms with Crippen LogP contribution in [0.3, 0.4) is 0 Å². The van der Waals surface area contributed by atoms with Crippen LogP contribution in [-0.4, -0.2) is 50.5 Å². The Kier molecular flexibility index (Phi) is 4.56. The van der Waals surface area contributed by atoms with Gasteiger partial charge in [-0.2, -0.15) is 0 Å². The van der Waals surface area contributed by atoms with Crippen LogP contribution in [0.1, 0.15) is 22.8 Å². The van der Waals surface area contributed by atoms with E-state index in [-0.39, 0.29) is 11.8 Å². The van der Waals surface area contributed by atoms with Crippen LogP contribution < -0.4 is 10.1 Å². The standard InChI is InChI=1S/C15H22N2O2/c1-4-11-5-6-14(19-3)12(9-11)15(18)13-10-17(2)8-7-16-13/h5-6,9,13,16H,4,7-8,10H2,1-3H3. The van der Waals surface area contributed by atoms with Gasteiger partial charge in [0.05, 0.1) is 18.7 Å². The Morgan fingerprint density at radius 1 is 1.53 bits per heavy atom. The zero-order chi connectivity index (χ0) is 13.8. The van der Waals surface area contributed by atoms with Gasteiger partial charge in [0.2, 0.25) is 0 Å². The number of hydrogen-bond donors (Lipinski definition) is 1. The first-order valence-electron chi connectivity index (χ1n) is 6.78. The lowest BCUT2D eigenvalue weighted by Crippen LogP contribution is -2.52. The Bertz CT molecular complexity index is 459. The van der Waals surface area contributed by atoms with Crippen molar-refractivity contribution in [2.75, 3.05) is 33.8 Å². The molecule has 1 saturated heterocycles. The van der Waals surface area contributed by atoms with Crippen LogP contribution in [0.25, 0.3) is 0 Å². The molecule has 1 aromatic carbocycles. The molecule has 0 bridgehead atoms. The van der Waals surface area contributed by atoms with Crippen molar-refractivity contribution in [2.45, 2.75) is 19.4 Å². The van der Waals surface area contributed by atoms with Crippen LogP contribution in [0, 0.1) is 0 Å². The molecule has 1 N–H and O–H groups in total. The normalized spacial score (nSPS) is 20.3. The molecule has 1 heterocycles. The molecular weight excluding hydrogens is 240 g/mol. The van der Waals surface area contributed by atoms with E-state index in [2.05, 4.69) is 17.1 Å². The third-order valence-corrected chi connectivity index (χ3v) is 3.63. The number of piperazine rings is 1. The molecule has 1 aliphatic rings. The van der Waals surface area contributed by atoms with Gasteiger partial charge in [0.1, 0.15) is 5.75 Å². The molecule has 0 radical (unpaired) electrons. The molecule has 0 aliphatic carbocycles. The lowest BCUT2D eigenvalue weighted by atomic mass is 9.98. The quantitative estimate of drug-likeness (QED) is 0.832. The lowest BCUT2D eigenvalue weighted by molar-refractivity contribution is 0.0891. The number of nitrogens with one attached hydrogen (secondary N) is 1. The summed E-state index contributed by atoms with van der Waals surface area (Å²) in [6.07, 6.45) is 0.919. The van der Waals surface area contributed by atoms with Crippen molar-refractivity contribution in [3.05, 3.63) is 29.3 Å². The maximum Gasteiger partial charge on any atom is 0.184 e. The van der Waals surface area contributed by atoms with Crippen molar-refractivity contribution in [1.82, 2.24) is 10.2 Å². The Morgan fingerprint density at radius 3 is 2.95 bits per heavy atom. The van der Waals surface area contributed by atoms with Crippen LogP contribution in [-0.2, 0) is 6.42 Å². The summed E-state index contributed by atoms with van der Waals surface area (Å²) in [5.74, 6) is 0.788. The summed E-state index contributed by atoms with van der Waals surface area (Å²) >= 11 is 0. The van der Waals surface area contributed by atoms with Crippen molar-refractivity contribution in [3.63, 3.8) is 0 Å². The maximum atomic E-state index is 12.6. The molecule has 1 aromatic rings. The fourth-order valence-corrected chi connectivity index (χ4v) is 2.43. The summed E-state index contributed by atoms with van der Waals surface area (Å²) in [7, 11) is 3.65. The number of carbonyl (C=O) groups is 1. The lowest BCUT2D eigenvalue weighted by Gasteiger charge is -2.30. The number of hydrogen-bond acceptors (Lipinski definition) is 4. The van der Waals surface area contributed by atoms with Crippen LogP contribution in [0.2, 0.25) is 0 Å². The van der Waals surface area contributed by atoms with Crippen LogP contribution in [0.15, 0.2) is 18.2 Å². The van der Waals surface area contributed by atoms with E-state index in [0.717, 1.165) is 31.6 Å². The van der Waals surface area contributed by atoms with E-state index in [4.69, 9.17) is 4.74 Å². The minimum absolute atomic E-state index is 0.124. The van der Waals surface area contributed by atoms with Gasteiger partial charge in [0, 0.05) is 19.6 Å². The number of rotatable bonds is 4. The second-order valence-electron chi connectivity index (χ2n) is 5.02. The van der Waals surface area contributed by atoms with Gasteiger partial charge in [0.25, 0.3) is 0 Å². The second-order valence-corrected chi connectivity index (χ2v) is 5.02. The first-order chi connectivity index (χ1) is 9.15. The average Bonchev–Trinajstić information content (AvgIpc) is 2.45. The number of nitrogens with zero attached hydrogens (tertiary/aromatic N) is 1. The van der Waals surface area contributed by atoms with E-state index < -0.39 is 0 Å². The molecule has 19 heavy (non-hydrogen) atoms. The zero-order valence-corrected chi connectivity index (χ0v) is 11.9. The highest BCUT2D eigenvalue weighted by Gasteiger charge is 2.26. The van der Waals surface area contributed by atoms with Crippen molar-refractivity contribution >= 4 is 5.78 Å².